The van der Waals surface area contributed by atoms with E-state index in [9.17, 15) is 4.79 Å². The Kier molecular flexibility index (Phi) is 4.93. The molecule has 1 heterocycles. The Morgan fingerprint density at radius 3 is 2.26 bits per heavy atom. The second-order valence-corrected chi connectivity index (χ2v) is 6.07. The lowest BCUT2D eigenvalue weighted by Crippen LogP contribution is -2.38. The molecule has 3 N–H and O–H groups in total. The van der Waals surface area contributed by atoms with Crippen molar-refractivity contribution in [3.63, 3.8) is 0 Å². The molecule has 1 saturated heterocycles. The van der Waals surface area contributed by atoms with Crippen LogP contribution in [0.1, 0.15) is 17.5 Å². The molecule has 1 aliphatic heterocycles. The van der Waals surface area contributed by atoms with Crippen LogP contribution in [0, 0.1) is 0 Å². The van der Waals surface area contributed by atoms with Gasteiger partial charge in [0.05, 0.1) is 6.04 Å². The topological polar surface area (TPSA) is 64.3 Å². The first-order chi connectivity index (χ1) is 11.2. The fourth-order valence-electron chi connectivity index (χ4n) is 3.06. The van der Waals surface area contributed by atoms with Gasteiger partial charge in [0, 0.05) is 12.5 Å². The highest BCUT2D eigenvalue weighted by Crippen LogP contribution is 2.19. The van der Waals surface area contributed by atoms with Crippen molar-refractivity contribution in [1.82, 2.24) is 5.32 Å². The van der Waals surface area contributed by atoms with Crippen molar-refractivity contribution < 1.29 is 9.53 Å². The number of hydrogen-bond acceptors (Lipinski definition) is 3. The Bertz CT molecular complexity index is 630. The highest BCUT2D eigenvalue weighted by atomic mass is 16.6. The van der Waals surface area contributed by atoms with Crippen molar-refractivity contribution in [2.75, 3.05) is 0 Å². The molecule has 1 aliphatic rings. The van der Waals surface area contributed by atoms with Crippen molar-refractivity contribution in [2.45, 2.75) is 37.5 Å². The monoisotopic (exact) mass is 310 g/mol. The summed E-state index contributed by atoms with van der Waals surface area (Å²) in [7, 11) is 0. The van der Waals surface area contributed by atoms with E-state index in [2.05, 4.69) is 29.6 Å². The Labute approximate surface area is 136 Å². The van der Waals surface area contributed by atoms with Crippen LogP contribution in [-0.2, 0) is 17.6 Å². The van der Waals surface area contributed by atoms with Crippen molar-refractivity contribution in [3.05, 3.63) is 71.8 Å². The number of nitrogens with two attached hydrogens (primary N) is 1. The summed E-state index contributed by atoms with van der Waals surface area (Å²) in [6, 6.07) is 20.2. The standard InChI is InChI=1S/C19H22N2O2/c20-16(11-14-7-3-1-4-8-14)13-18-17(21-19(22)23-18)12-15-9-5-2-6-10-15/h1-10,16-18H,11-13,20H2,(H,21,22)/t16-,17+,18+/m1/s1. The summed E-state index contributed by atoms with van der Waals surface area (Å²) in [5, 5.41) is 2.90. The molecule has 0 bridgehead atoms. The number of rotatable bonds is 6. The minimum atomic E-state index is -0.345. The number of hydrogen-bond donors (Lipinski definition) is 2. The van der Waals surface area contributed by atoms with Crippen LogP contribution in [0.15, 0.2) is 60.7 Å². The smallest absolute Gasteiger partial charge is 0.407 e. The lowest BCUT2D eigenvalue weighted by atomic mass is 9.95. The van der Waals surface area contributed by atoms with Crippen LogP contribution in [0.4, 0.5) is 4.79 Å². The molecular formula is C19H22N2O2. The molecule has 120 valence electrons. The molecule has 0 saturated carbocycles. The molecule has 4 nitrogen and oxygen atoms in total. The zero-order valence-electron chi connectivity index (χ0n) is 13.0. The lowest BCUT2D eigenvalue weighted by Gasteiger charge is -2.20. The summed E-state index contributed by atoms with van der Waals surface area (Å²) >= 11 is 0. The first kappa shape index (κ1) is 15.6. The zero-order valence-corrected chi connectivity index (χ0v) is 13.0. The third-order valence-corrected chi connectivity index (χ3v) is 4.18. The van der Waals surface area contributed by atoms with Gasteiger partial charge >= 0.3 is 6.09 Å². The van der Waals surface area contributed by atoms with Crippen LogP contribution in [0.25, 0.3) is 0 Å². The van der Waals surface area contributed by atoms with E-state index in [0.29, 0.717) is 6.42 Å². The number of alkyl carbamates (subject to hydrolysis) is 1. The highest BCUT2D eigenvalue weighted by molar-refractivity contribution is 5.70. The Morgan fingerprint density at radius 1 is 1.00 bits per heavy atom. The zero-order chi connectivity index (χ0) is 16.1. The minimum Gasteiger partial charge on any atom is -0.444 e. The number of cyclic esters (lactones) is 1. The van der Waals surface area contributed by atoms with Crippen molar-refractivity contribution >= 4 is 6.09 Å². The van der Waals surface area contributed by atoms with Gasteiger partial charge in [-0.25, -0.2) is 4.79 Å². The fraction of sp³-hybridized carbons (Fsp3) is 0.316. The molecule has 0 aromatic heterocycles. The number of nitrogens with one attached hydrogen (secondary N) is 1. The summed E-state index contributed by atoms with van der Waals surface area (Å²) < 4.78 is 5.42. The number of carbonyl (C=O) groups excluding carboxylic acids is 1. The molecule has 3 rings (SSSR count). The van der Waals surface area contributed by atoms with Crippen LogP contribution in [0.2, 0.25) is 0 Å². The predicted octanol–water partition coefficient (Wildman–Crippen LogP) is 2.67. The maximum absolute atomic E-state index is 11.6. The third kappa shape index (κ3) is 4.33. The van der Waals surface area contributed by atoms with Crippen molar-refractivity contribution in [2.24, 2.45) is 5.73 Å². The Balaban J connectivity index is 1.59. The van der Waals surface area contributed by atoms with E-state index in [-0.39, 0.29) is 24.3 Å². The molecule has 0 aliphatic carbocycles. The molecule has 2 aromatic carbocycles. The first-order valence-corrected chi connectivity index (χ1v) is 8.01. The second-order valence-electron chi connectivity index (χ2n) is 6.07. The molecular weight excluding hydrogens is 288 g/mol. The molecule has 23 heavy (non-hydrogen) atoms. The van der Waals surface area contributed by atoms with Crippen LogP contribution < -0.4 is 11.1 Å². The maximum atomic E-state index is 11.6. The SMILES string of the molecule is N[C@H](Cc1ccccc1)C[C@@H]1OC(=O)N[C@H]1Cc1ccccc1. The van der Waals surface area contributed by atoms with E-state index in [1.54, 1.807) is 0 Å². The molecule has 0 spiro atoms. The Hall–Kier alpha value is -2.33. The first-order valence-electron chi connectivity index (χ1n) is 8.01. The molecule has 0 radical (unpaired) electrons. The average molecular weight is 310 g/mol. The number of benzene rings is 2. The van der Waals surface area contributed by atoms with E-state index in [1.807, 2.05) is 36.4 Å². The van der Waals surface area contributed by atoms with E-state index >= 15 is 0 Å². The largest absolute Gasteiger partial charge is 0.444 e. The van der Waals surface area contributed by atoms with Gasteiger partial charge in [-0.2, -0.15) is 0 Å². The number of ether oxygens (including phenoxy) is 1. The maximum Gasteiger partial charge on any atom is 0.407 e. The molecule has 0 unspecified atom stereocenters. The van der Waals surface area contributed by atoms with E-state index in [1.165, 1.54) is 11.1 Å². The summed E-state index contributed by atoms with van der Waals surface area (Å²) in [5.41, 5.74) is 8.66. The van der Waals surface area contributed by atoms with E-state index in [0.717, 1.165) is 12.8 Å². The Morgan fingerprint density at radius 2 is 1.61 bits per heavy atom. The van der Waals surface area contributed by atoms with Gasteiger partial charge in [-0.3, -0.25) is 0 Å². The molecule has 1 amide bonds. The summed E-state index contributed by atoms with van der Waals surface area (Å²) in [6.07, 6.45) is 1.68. The van der Waals surface area contributed by atoms with Crippen LogP contribution in [0.3, 0.4) is 0 Å². The van der Waals surface area contributed by atoms with E-state index < -0.39 is 0 Å². The lowest BCUT2D eigenvalue weighted by molar-refractivity contribution is 0.121. The van der Waals surface area contributed by atoms with Gasteiger partial charge in [-0.1, -0.05) is 60.7 Å². The average Bonchev–Trinajstić information content (AvgIpc) is 2.88. The van der Waals surface area contributed by atoms with Crippen LogP contribution in [0.5, 0.6) is 0 Å². The van der Waals surface area contributed by atoms with Gasteiger partial charge in [-0.05, 0) is 24.0 Å². The fourth-order valence-corrected chi connectivity index (χ4v) is 3.06. The van der Waals surface area contributed by atoms with Gasteiger partial charge in [0.1, 0.15) is 6.10 Å². The number of amides is 1. The summed E-state index contributed by atoms with van der Waals surface area (Å²) in [4.78, 5) is 11.6. The molecule has 2 aromatic rings. The third-order valence-electron chi connectivity index (χ3n) is 4.18. The van der Waals surface area contributed by atoms with Gasteiger partial charge < -0.3 is 15.8 Å². The van der Waals surface area contributed by atoms with Gasteiger partial charge in [0.2, 0.25) is 0 Å². The van der Waals surface area contributed by atoms with Crippen molar-refractivity contribution in [3.8, 4) is 0 Å². The van der Waals surface area contributed by atoms with E-state index in [4.69, 9.17) is 10.5 Å². The normalized spacial score (nSPS) is 21.5. The summed E-state index contributed by atoms with van der Waals surface area (Å²) in [5.74, 6) is 0. The molecule has 1 fully saturated rings. The van der Waals surface area contributed by atoms with Crippen molar-refractivity contribution in [1.29, 1.82) is 0 Å². The number of carbonyl (C=O) groups is 1. The molecule has 3 atom stereocenters. The van der Waals surface area contributed by atoms with Gasteiger partial charge in [0.15, 0.2) is 0 Å². The minimum absolute atomic E-state index is 0.0216. The quantitative estimate of drug-likeness (QED) is 0.862. The summed E-state index contributed by atoms with van der Waals surface area (Å²) in [6.45, 7) is 0. The predicted molar refractivity (Wildman–Crippen MR) is 90.1 cm³/mol. The van der Waals surface area contributed by atoms with Gasteiger partial charge in [0.25, 0.3) is 0 Å². The highest BCUT2D eigenvalue weighted by Gasteiger charge is 2.34. The molecule has 4 heteroatoms. The van der Waals surface area contributed by atoms with Crippen LogP contribution >= 0.6 is 0 Å². The second kappa shape index (κ2) is 7.29. The van der Waals surface area contributed by atoms with Gasteiger partial charge in [-0.15, -0.1) is 0 Å². The van der Waals surface area contributed by atoms with Crippen LogP contribution in [-0.4, -0.2) is 24.3 Å².